The van der Waals surface area contributed by atoms with Gasteiger partial charge in [0.05, 0.1) is 5.02 Å². The van der Waals surface area contributed by atoms with E-state index in [0.717, 1.165) is 13.1 Å². The molecule has 0 saturated carbocycles. The molecule has 0 saturated heterocycles. The van der Waals surface area contributed by atoms with Crippen molar-refractivity contribution in [3.8, 4) is 0 Å². The average molecular weight is 303 g/mol. The van der Waals surface area contributed by atoms with Crippen LogP contribution in [0, 0.1) is 0 Å². The van der Waals surface area contributed by atoms with E-state index in [0.29, 0.717) is 4.31 Å². The molecule has 0 fully saturated rings. The van der Waals surface area contributed by atoms with Gasteiger partial charge in [-0.05, 0) is 29.8 Å². The Morgan fingerprint density at radius 2 is 1.88 bits per heavy atom. The maximum Gasteiger partial charge on any atom is 0.329 e. The van der Waals surface area contributed by atoms with Crippen molar-refractivity contribution in [3.63, 3.8) is 0 Å². The molecule has 0 aliphatic rings. The second kappa shape index (κ2) is 4.79. The lowest BCUT2D eigenvalue weighted by Gasteiger charge is -2.15. The Labute approximate surface area is 108 Å². The largest absolute Gasteiger partial charge is 0.329 e. The molecule has 0 bridgehead atoms. The first-order valence-electron chi connectivity index (χ1n) is 3.90. The smallest absolute Gasteiger partial charge is 0.254 e. The van der Waals surface area contributed by atoms with E-state index in [2.05, 4.69) is 0 Å². The fourth-order valence-corrected chi connectivity index (χ4v) is 2.91. The summed E-state index contributed by atoms with van der Waals surface area (Å²) in [5.74, 6) is 0. The second-order valence-corrected chi connectivity index (χ2v) is 5.90. The standard InChI is InChI=1S/C8H6Cl3NO3S/c1-12(8(11)13)16(14,15)7-4-5(9)2-3-6(7)10/h2-4H,1H3. The summed E-state index contributed by atoms with van der Waals surface area (Å²) in [5, 5.41) is -0.969. The van der Waals surface area contributed by atoms with Crippen LogP contribution in [0.5, 0.6) is 0 Å². The van der Waals surface area contributed by atoms with Crippen molar-refractivity contribution in [2.45, 2.75) is 4.90 Å². The summed E-state index contributed by atoms with van der Waals surface area (Å²) in [6.45, 7) is 0. The zero-order chi connectivity index (χ0) is 12.5. The molecule has 16 heavy (non-hydrogen) atoms. The quantitative estimate of drug-likeness (QED) is 0.623. The summed E-state index contributed by atoms with van der Waals surface area (Å²) in [7, 11) is -3.03. The first-order valence-corrected chi connectivity index (χ1v) is 6.47. The molecule has 0 unspecified atom stereocenters. The van der Waals surface area contributed by atoms with Crippen LogP contribution in [0.2, 0.25) is 10.0 Å². The highest BCUT2D eigenvalue weighted by Gasteiger charge is 2.26. The Morgan fingerprint density at radius 3 is 2.38 bits per heavy atom. The van der Waals surface area contributed by atoms with Crippen LogP contribution in [0.3, 0.4) is 0 Å². The van der Waals surface area contributed by atoms with Crippen LogP contribution in [0.1, 0.15) is 0 Å². The van der Waals surface area contributed by atoms with Crippen molar-refractivity contribution in [3.05, 3.63) is 28.2 Å². The number of sulfonamides is 1. The molecule has 0 N–H and O–H groups in total. The molecule has 0 aliphatic carbocycles. The molecular formula is C8H6Cl3NO3S. The van der Waals surface area contributed by atoms with Crippen LogP contribution in [-0.2, 0) is 10.0 Å². The Hall–Kier alpha value is -0.490. The highest BCUT2D eigenvalue weighted by Crippen LogP contribution is 2.27. The highest BCUT2D eigenvalue weighted by molar-refractivity contribution is 7.90. The van der Waals surface area contributed by atoms with Crippen molar-refractivity contribution < 1.29 is 13.2 Å². The van der Waals surface area contributed by atoms with Gasteiger partial charge in [-0.1, -0.05) is 23.2 Å². The Bertz CT molecular complexity index is 529. The molecule has 8 heteroatoms. The lowest BCUT2D eigenvalue weighted by molar-refractivity contribution is 0.249. The Kier molecular flexibility index (Phi) is 4.07. The first kappa shape index (κ1) is 13.6. The van der Waals surface area contributed by atoms with E-state index in [4.69, 9.17) is 34.8 Å². The number of carbonyl (C=O) groups is 1. The van der Waals surface area contributed by atoms with Gasteiger partial charge in [0.25, 0.3) is 10.0 Å². The minimum Gasteiger partial charge on any atom is -0.254 e. The molecule has 1 rings (SSSR count). The van der Waals surface area contributed by atoms with E-state index in [9.17, 15) is 13.2 Å². The number of carbonyl (C=O) groups excluding carboxylic acids is 1. The van der Waals surface area contributed by atoms with Crippen molar-refractivity contribution in [1.82, 2.24) is 4.31 Å². The molecule has 1 aromatic carbocycles. The van der Waals surface area contributed by atoms with Crippen LogP contribution < -0.4 is 0 Å². The molecule has 0 heterocycles. The fourth-order valence-electron chi connectivity index (χ4n) is 0.917. The van der Waals surface area contributed by atoms with Gasteiger partial charge < -0.3 is 0 Å². The summed E-state index contributed by atoms with van der Waals surface area (Å²) < 4.78 is 24.0. The molecule has 0 atom stereocenters. The number of amides is 1. The normalized spacial score (nSPS) is 11.2. The number of benzene rings is 1. The molecule has 1 amide bonds. The topological polar surface area (TPSA) is 54.5 Å². The molecule has 0 aromatic heterocycles. The molecule has 0 radical (unpaired) electrons. The van der Waals surface area contributed by atoms with Crippen LogP contribution in [0.25, 0.3) is 0 Å². The van der Waals surface area contributed by atoms with Gasteiger partial charge in [0.15, 0.2) is 0 Å². The predicted molar refractivity (Wildman–Crippen MR) is 62.7 cm³/mol. The van der Waals surface area contributed by atoms with Gasteiger partial charge in [-0.15, -0.1) is 0 Å². The molecule has 0 aliphatic heterocycles. The third-order valence-electron chi connectivity index (χ3n) is 1.78. The first-order chi connectivity index (χ1) is 7.26. The van der Waals surface area contributed by atoms with Crippen LogP contribution in [0.15, 0.2) is 23.1 Å². The van der Waals surface area contributed by atoms with Gasteiger partial charge in [-0.2, -0.15) is 0 Å². The van der Waals surface area contributed by atoms with Crippen molar-refractivity contribution in [2.75, 3.05) is 7.05 Å². The fraction of sp³-hybridized carbons (Fsp3) is 0.125. The van der Waals surface area contributed by atoms with Crippen molar-refractivity contribution in [2.24, 2.45) is 0 Å². The van der Waals surface area contributed by atoms with Crippen molar-refractivity contribution in [1.29, 1.82) is 0 Å². The number of halogens is 3. The zero-order valence-corrected chi connectivity index (χ0v) is 11.0. The summed E-state index contributed by atoms with van der Waals surface area (Å²) >= 11 is 16.4. The van der Waals surface area contributed by atoms with Gasteiger partial charge >= 0.3 is 5.37 Å². The number of rotatable bonds is 2. The minimum absolute atomic E-state index is 0.0332. The molecule has 0 spiro atoms. The number of hydrogen-bond acceptors (Lipinski definition) is 3. The molecule has 4 nitrogen and oxygen atoms in total. The second-order valence-electron chi connectivity index (χ2n) is 2.80. The van der Waals surface area contributed by atoms with Gasteiger partial charge in [-0.3, -0.25) is 4.79 Å². The number of hydrogen-bond donors (Lipinski definition) is 0. The summed E-state index contributed by atoms with van der Waals surface area (Å²) in [4.78, 5) is 10.5. The SMILES string of the molecule is CN(C(=O)Cl)S(=O)(=O)c1cc(Cl)ccc1Cl. The number of nitrogens with zero attached hydrogens (tertiary/aromatic N) is 1. The summed E-state index contributed by atoms with van der Waals surface area (Å²) in [5.41, 5.74) is 0. The van der Waals surface area contributed by atoms with E-state index < -0.39 is 15.4 Å². The zero-order valence-electron chi connectivity index (χ0n) is 7.95. The van der Waals surface area contributed by atoms with E-state index in [-0.39, 0.29) is 14.9 Å². The maximum atomic E-state index is 11.8. The van der Waals surface area contributed by atoms with Gasteiger partial charge in [0, 0.05) is 12.1 Å². The van der Waals surface area contributed by atoms with E-state index in [1.54, 1.807) is 0 Å². The summed E-state index contributed by atoms with van der Waals surface area (Å²) in [6, 6.07) is 3.91. The summed E-state index contributed by atoms with van der Waals surface area (Å²) in [6.07, 6.45) is 0. The monoisotopic (exact) mass is 301 g/mol. The molecule has 88 valence electrons. The van der Waals surface area contributed by atoms with E-state index >= 15 is 0 Å². The predicted octanol–water partition coefficient (Wildman–Crippen LogP) is 2.97. The molecule has 1 aromatic rings. The van der Waals surface area contributed by atoms with Gasteiger partial charge in [-0.25, -0.2) is 12.7 Å². The lowest BCUT2D eigenvalue weighted by atomic mass is 10.4. The van der Waals surface area contributed by atoms with E-state index in [1.165, 1.54) is 12.1 Å². The third-order valence-corrected chi connectivity index (χ3v) is 4.59. The Morgan fingerprint density at radius 1 is 1.31 bits per heavy atom. The van der Waals surface area contributed by atoms with Gasteiger partial charge in [0.1, 0.15) is 4.90 Å². The molecular weight excluding hydrogens is 297 g/mol. The minimum atomic E-state index is -4.06. The average Bonchev–Trinajstić information content (AvgIpc) is 2.20. The lowest BCUT2D eigenvalue weighted by Crippen LogP contribution is -2.29. The van der Waals surface area contributed by atoms with Crippen LogP contribution >= 0.6 is 34.8 Å². The van der Waals surface area contributed by atoms with E-state index in [1.807, 2.05) is 0 Å². The maximum absolute atomic E-state index is 11.8. The third kappa shape index (κ3) is 2.60. The van der Waals surface area contributed by atoms with Crippen LogP contribution in [0.4, 0.5) is 4.79 Å². The van der Waals surface area contributed by atoms with Crippen LogP contribution in [-0.4, -0.2) is 25.1 Å². The Balaban J connectivity index is 3.38. The highest BCUT2D eigenvalue weighted by atomic mass is 35.5. The van der Waals surface area contributed by atoms with Crippen molar-refractivity contribution >= 4 is 50.2 Å². The van der Waals surface area contributed by atoms with Gasteiger partial charge in [0.2, 0.25) is 0 Å².